The van der Waals surface area contributed by atoms with Gasteiger partial charge in [-0.2, -0.15) is 10.2 Å². The first-order valence-electron chi connectivity index (χ1n) is 6.13. The van der Waals surface area contributed by atoms with Gasteiger partial charge in [0.1, 0.15) is 6.67 Å². The van der Waals surface area contributed by atoms with Crippen LogP contribution in [0.5, 0.6) is 0 Å². The van der Waals surface area contributed by atoms with Gasteiger partial charge in [-0.25, -0.2) is 4.39 Å². The molecule has 0 radical (unpaired) electrons. The van der Waals surface area contributed by atoms with Crippen molar-refractivity contribution < 1.29 is 4.39 Å². The second-order valence-electron chi connectivity index (χ2n) is 4.00. The normalized spacial score (nSPS) is 11.0. The van der Waals surface area contributed by atoms with Crippen LogP contribution in [0.15, 0.2) is 24.5 Å². The van der Waals surface area contributed by atoms with Gasteiger partial charge in [-0.05, 0) is 19.1 Å². The summed E-state index contributed by atoms with van der Waals surface area (Å²) in [6, 6.07) is 3.89. The largest absolute Gasteiger partial charge is 0.305 e. The van der Waals surface area contributed by atoms with Gasteiger partial charge in [-0.1, -0.05) is 0 Å². The number of hydrogen-bond donors (Lipinski definition) is 1. The highest BCUT2D eigenvalue weighted by Gasteiger charge is 2.02. The van der Waals surface area contributed by atoms with E-state index in [1.165, 1.54) is 0 Å². The Kier molecular flexibility index (Phi) is 4.46. The summed E-state index contributed by atoms with van der Waals surface area (Å²) in [7, 11) is 0. The molecule has 0 aliphatic rings. The Hall–Kier alpha value is -1.69. The third-order valence-corrected chi connectivity index (χ3v) is 2.73. The maximum atomic E-state index is 12.3. The van der Waals surface area contributed by atoms with Gasteiger partial charge in [0, 0.05) is 32.0 Å². The van der Waals surface area contributed by atoms with Crippen molar-refractivity contribution >= 4 is 0 Å². The van der Waals surface area contributed by atoms with Crippen molar-refractivity contribution in [1.82, 2.24) is 24.9 Å². The van der Waals surface area contributed by atoms with Gasteiger partial charge in [-0.3, -0.25) is 9.36 Å². The zero-order valence-corrected chi connectivity index (χ0v) is 10.5. The second-order valence-corrected chi connectivity index (χ2v) is 4.00. The quantitative estimate of drug-likeness (QED) is 0.808. The Morgan fingerprint density at radius 1 is 1.33 bits per heavy atom. The molecule has 0 bridgehead atoms. The Bertz CT molecular complexity index is 476. The molecule has 0 unspecified atom stereocenters. The van der Waals surface area contributed by atoms with E-state index in [2.05, 4.69) is 22.4 Å². The molecule has 5 nitrogen and oxygen atoms in total. The average molecular weight is 251 g/mol. The first kappa shape index (κ1) is 12.8. The van der Waals surface area contributed by atoms with E-state index in [0.717, 1.165) is 17.9 Å². The molecule has 0 saturated heterocycles. The van der Waals surface area contributed by atoms with Crippen LogP contribution in [0, 0.1) is 0 Å². The van der Waals surface area contributed by atoms with Crippen LogP contribution in [0.3, 0.4) is 0 Å². The van der Waals surface area contributed by atoms with E-state index in [-0.39, 0.29) is 0 Å². The standard InChI is InChI=1S/C12H18FN5/c1-2-17-7-4-11(16-17)9-14-10-12-3-6-15-18(12)8-5-13/h3-4,6-7,14H,2,5,8-10H2,1H3. The van der Waals surface area contributed by atoms with Crippen LogP contribution >= 0.6 is 0 Å². The maximum absolute atomic E-state index is 12.3. The van der Waals surface area contributed by atoms with Gasteiger partial charge >= 0.3 is 0 Å². The highest BCUT2D eigenvalue weighted by molar-refractivity contribution is 5.02. The molecule has 0 saturated carbocycles. The molecule has 6 heteroatoms. The van der Waals surface area contributed by atoms with Gasteiger partial charge in [0.15, 0.2) is 0 Å². The van der Waals surface area contributed by atoms with Crippen molar-refractivity contribution in [1.29, 1.82) is 0 Å². The molecule has 0 aromatic carbocycles. The van der Waals surface area contributed by atoms with E-state index >= 15 is 0 Å². The number of halogens is 1. The summed E-state index contributed by atoms with van der Waals surface area (Å²) < 4.78 is 15.8. The lowest BCUT2D eigenvalue weighted by Gasteiger charge is -2.06. The first-order valence-corrected chi connectivity index (χ1v) is 6.13. The van der Waals surface area contributed by atoms with E-state index < -0.39 is 6.67 Å². The minimum Gasteiger partial charge on any atom is -0.305 e. The van der Waals surface area contributed by atoms with Crippen LogP contribution in [0.4, 0.5) is 4.39 Å². The lowest BCUT2D eigenvalue weighted by molar-refractivity contribution is 0.417. The molecule has 2 aromatic rings. The SMILES string of the molecule is CCn1ccc(CNCc2ccnn2CCF)n1. The van der Waals surface area contributed by atoms with Gasteiger partial charge in [0.2, 0.25) is 0 Å². The summed E-state index contributed by atoms with van der Waals surface area (Å²) in [5, 5.41) is 11.7. The third-order valence-electron chi connectivity index (χ3n) is 2.73. The smallest absolute Gasteiger partial charge is 0.109 e. The molecule has 0 atom stereocenters. The van der Waals surface area contributed by atoms with E-state index in [9.17, 15) is 4.39 Å². The summed E-state index contributed by atoms with van der Waals surface area (Å²) in [5.41, 5.74) is 2.00. The Labute approximate surface area is 106 Å². The highest BCUT2D eigenvalue weighted by Crippen LogP contribution is 2.00. The van der Waals surface area contributed by atoms with Gasteiger partial charge in [-0.15, -0.1) is 0 Å². The van der Waals surface area contributed by atoms with Crippen LogP contribution in [-0.2, 0) is 26.2 Å². The summed E-state index contributed by atoms with van der Waals surface area (Å²) in [5.74, 6) is 0. The van der Waals surface area contributed by atoms with Crippen molar-refractivity contribution in [2.75, 3.05) is 6.67 Å². The highest BCUT2D eigenvalue weighted by atomic mass is 19.1. The van der Waals surface area contributed by atoms with Crippen molar-refractivity contribution in [3.05, 3.63) is 35.9 Å². The van der Waals surface area contributed by atoms with Crippen LogP contribution in [0.1, 0.15) is 18.3 Å². The molecule has 2 rings (SSSR count). The number of nitrogens with zero attached hydrogens (tertiary/aromatic N) is 4. The molecule has 0 amide bonds. The number of aryl methyl sites for hydroxylation is 2. The second kappa shape index (κ2) is 6.30. The predicted octanol–water partition coefficient (Wildman–Crippen LogP) is 1.36. The topological polar surface area (TPSA) is 47.7 Å². The number of alkyl halides is 1. The number of hydrogen-bond acceptors (Lipinski definition) is 3. The fourth-order valence-electron chi connectivity index (χ4n) is 1.78. The molecule has 0 aliphatic carbocycles. The van der Waals surface area contributed by atoms with E-state index in [1.807, 2.05) is 23.0 Å². The predicted molar refractivity (Wildman–Crippen MR) is 66.6 cm³/mol. The molecule has 18 heavy (non-hydrogen) atoms. The van der Waals surface area contributed by atoms with Crippen LogP contribution < -0.4 is 5.32 Å². The Morgan fingerprint density at radius 3 is 2.94 bits per heavy atom. The molecular formula is C12H18FN5. The molecule has 1 N–H and O–H groups in total. The summed E-state index contributed by atoms with van der Waals surface area (Å²) in [6.45, 7) is 4.22. The summed E-state index contributed by atoms with van der Waals surface area (Å²) in [6.07, 6.45) is 3.66. The van der Waals surface area contributed by atoms with Gasteiger partial charge in [0.25, 0.3) is 0 Å². The molecule has 98 valence electrons. The van der Waals surface area contributed by atoms with Gasteiger partial charge < -0.3 is 5.32 Å². The van der Waals surface area contributed by atoms with E-state index in [0.29, 0.717) is 19.6 Å². The number of rotatable bonds is 7. The van der Waals surface area contributed by atoms with E-state index in [4.69, 9.17) is 0 Å². The third kappa shape index (κ3) is 3.16. The molecule has 2 heterocycles. The molecule has 0 fully saturated rings. The van der Waals surface area contributed by atoms with Crippen molar-refractivity contribution in [2.24, 2.45) is 0 Å². The van der Waals surface area contributed by atoms with Crippen LogP contribution in [-0.4, -0.2) is 26.2 Å². The first-order chi connectivity index (χ1) is 8.83. The fraction of sp³-hybridized carbons (Fsp3) is 0.500. The zero-order chi connectivity index (χ0) is 12.8. The van der Waals surface area contributed by atoms with Crippen molar-refractivity contribution in [3.63, 3.8) is 0 Å². The minimum atomic E-state index is -0.393. The Morgan fingerprint density at radius 2 is 2.22 bits per heavy atom. The number of aromatic nitrogens is 4. The van der Waals surface area contributed by atoms with Crippen LogP contribution in [0.25, 0.3) is 0 Å². The molecule has 2 aromatic heterocycles. The minimum absolute atomic E-state index is 0.314. The summed E-state index contributed by atoms with van der Waals surface area (Å²) in [4.78, 5) is 0. The fourth-order valence-corrected chi connectivity index (χ4v) is 1.78. The zero-order valence-electron chi connectivity index (χ0n) is 10.5. The van der Waals surface area contributed by atoms with Crippen molar-refractivity contribution in [3.8, 4) is 0 Å². The monoisotopic (exact) mass is 251 g/mol. The molecular weight excluding hydrogens is 233 g/mol. The molecule has 0 spiro atoms. The lowest BCUT2D eigenvalue weighted by Crippen LogP contribution is -2.17. The average Bonchev–Trinajstić information content (AvgIpc) is 3.00. The van der Waals surface area contributed by atoms with Crippen LogP contribution in [0.2, 0.25) is 0 Å². The number of nitrogens with one attached hydrogen (secondary N) is 1. The van der Waals surface area contributed by atoms with Crippen molar-refractivity contribution in [2.45, 2.75) is 33.1 Å². The van der Waals surface area contributed by atoms with E-state index in [1.54, 1.807) is 10.9 Å². The lowest BCUT2D eigenvalue weighted by atomic mass is 10.4. The maximum Gasteiger partial charge on any atom is 0.109 e. The Balaban J connectivity index is 1.82. The molecule has 0 aliphatic heterocycles. The van der Waals surface area contributed by atoms with Gasteiger partial charge in [0.05, 0.1) is 17.9 Å². The summed E-state index contributed by atoms with van der Waals surface area (Å²) >= 11 is 0.